The van der Waals surface area contributed by atoms with E-state index >= 15 is 0 Å². The maximum atomic E-state index is 12.6. The summed E-state index contributed by atoms with van der Waals surface area (Å²) in [5.74, 6) is 0.324. The summed E-state index contributed by atoms with van der Waals surface area (Å²) < 4.78 is 0. The van der Waals surface area contributed by atoms with Crippen molar-refractivity contribution in [3.63, 3.8) is 0 Å². The number of carbonyl (C=O) groups is 1. The van der Waals surface area contributed by atoms with Gasteiger partial charge >= 0.3 is 0 Å². The van der Waals surface area contributed by atoms with Crippen LogP contribution in [0.25, 0.3) is 0 Å². The summed E-state index contributed by atoms with van der Waals surface area (Å²) >= 11 is 0. The molecule has 0 atom stereocenters. The fourth-order valence-electron chi connectivity index (χ4n) is 3.52. The Morgan fingerprint density at radius 3 is 2.30 bits per heavy atom. The minimum Gasteiger partial charge on any atom is -0.506 e. The van der Waals surface area contributed by atoms with Crippen LogP contribution in [-0.2, 0) is 10.2 Å². The highest BCUT2D eigenvalue weighted by Gasteiger charge is 2.22. The van der Waals surface area contributed by atoms with Gasteiger partial charge < -0.3 is 15.3 Å². The molecule has 1 aliphatic rings. The van der Waals surface area contributed by atoms with Crippen LogP contribution in [-0.4, -0.2) is 48.6 Å². The lowest BCUT2D eigenvalue weighted by molar-refractivity contribution is -0.117. The molecule has 1 amide bonds. The lowest BCUT2D eigenvalue weighted by atomic mass is 9.86. The predicted molar refractivity (Wildman–Crippen MR) is 111 cm³/mol. The third-order valence-corrected chi connectivity index (χ3v) is 4.97. The topological polar surface area (TPSA) is 55.8 Å². The summed E-state index contributed by atoms with van der Waals surface area (Å²) in [6.07, 6.45) is 0. The SMILES string of the molecule is CC(C)(C)c1ccccc1NC(=O)CN1CCN(c2ccccc2O)CC1. The van der Waals surface area contributed by atoms with Gasteiger partial charge in [-0.05, 0) is 29.2 Å². The number of nitrogens with zero attached hydrogens (tertiary/aromatic N) is 2. The fraction of sp³-hybridized carbons (Fsp3) is 0.409. The molecule has 0 spiro atoms. The minimum absolute atomic E-state index is 0.0164. The van der Waals surface area contributed by atoms with Gasteiger partial charge in [-0.1, -0.05) is 51.1 Å². The van der Waals surface area contributed by atoms with Crippen molar-refractivity contribution in [1.82, 2.24) is 4.90 Å². The van der Waals surface area contributed by atoms with Gasteiger partial charge in [0.25, 0.3) is 0 Å². The van der Waals surface area contributed by atoms with Crippen molar-refractivity contribution in [2.24, 2.45) is 0 Å². The molecule has 0 aromatic heterocycles. The molecule has 2 aromatic rings. The van der Waals surface area contributed by atoms with Crippen LogP contribution in [0.15, 0.2) is 48.5 Å². The smallest absolute Gasteiger partial charge is 0.238 e. The standard InChI is InChI=1S/C22H29N3O2/c1-22(2,3)17-8-4-5-9-18(17)23-21(27)16-24-12-14-25(15-13-24)19-10-6-7-11-20(19)26/h4-11,26H,12-16H2,1-3H3,(H,23,27). The molecule has 1 heterocycles. The van der Waals surface area contributed by atoms with Gasteiger partial charge in [-0.15, -0.1) is 0 Å². The van der Waals surface area contributed by atoms with Gasteiger partial charge in [-0.25, -0.2) is 0 Å². The summed E-state index contributed by atoms with van der Waals surface area (Å²) in [5, 5.41) is 13.1. The number of carbonyl (C=O) groups excluding carboxylic acids is 1. The molecular formula is C22H29N3O2. The number of nitrogens with one attached hydrogen (secondary N) is 1. The zero-order valence-electron chi connectivity index (χ0n) is 16.4. The largest absolute Gasteiger partial charge is 0.506 e. The van der Waals surface area contributed by atoms with Crippen molar-refractivity contribution in [2.45, 2.75) is 26.2 Å². The number of benzene rings is 2. The highest BCUT2D eigenvalue weighted by molar-refractivity contribution is 5.93. The Balaban J connectivity index is 1.56. The van der Waals surface area contributed by atoms with E-state index in [-0.39, 0.29) is 11.3 Å². The molecule has 27 heavy (non-hydrogen) atoms. The molecule has 144 valence electrons. The van der Waals surface area contributed by atoms with Gasteiger partial charge in [0.15, 0.2) is 0 Å². The van der Waals surface area contributed by atoms with Gasteiger partial charge in [-0.3, -0.25) is 9.69 Å². The Hall–Kier alpha value is -2.53. The van der Waals surface area contributed by atoms with Gasteiger partial charge in [0, 0.05) is 31.9 Å². The maximum absolute atomic E-state index is 12.6. The molecule has 3 rings (SSSR count). The number of hydrogen-bond donors (Lipinski definition) is 2. The van der Waals surface area contributed by atoms with E-state index in [2.05, 4.69) is 42.0 Å². The summed E-state index contributed by atoms with van der Waals surface area (Å²) in [6, 6.07) is 15.4. The van der Waals surface area contributed by atoms with Gasteiger partial charge in [0.1, 0.15) is 5.75 Å². The third kappa shape index (κ3) is 4.80. The van der Waals surface area contributed by atoms with Crippen LogP contribution in [0, 0.1) is 0 Å². The van der Waals surface area contributed by atoms with E-state index < -0.39 is 0 Å². The Morgan fingerprint density at radius 2 is 1.63 bits per heavy atom. The fourth-order valence-corrected chi connectivity index (χ4v) is 3.52. The lowest BCUT2D eigenvalue weighted by Gasteiger charge is -2.36. The summed E-state index contributed by atoms with van der Waals surface area (Å²) in [6.45, 7) is 10.0. The normalized spacial score (nSPS) is 15.6. The molecule has 1 saturated heterocycles. The van der Waals surface area contributed by atoms with Crippen LogP contribution in [0.2, 0.25) is 0 Å². The second kappa shape index (κ2) is 8.01. The number of amides is 1. The van der Waals surface area contributed by atoms with Crippen molar-refractivity contribution in [1.29, 1.82) is 0 Å². The Kier molecular flexibility index (Phi) is 5.71. The Bertz CT molecular complexity index is 790. The number of piperazine rings is 1. The van der Waals surface area contributed by atoms with E-state index in [1.54, 1.807) is 6.07 Å². The summed E-state index contributed by atoms with van der Waals surface area (Å²) in [7, 11) is 0. The molecule has 1 fully saturated rings. The molecule has 0 unspecified atom stereocenters. The average Bonchev–Trinajstić information content (AvgIpc) is 2.62. The van der Waals surface area contributed by atoms with Gasteiger partial charge in [-0.2, -0.15) is 0 Å². The van der Waals surface area contributed by atoms with E-state index in [0.717, 1.165) is 43.1 Å². The second-order valence-corrected chi connectivity index (χ2v) is 8.10. The first kappa shape index (κ1) is 19.2. The quantitative estimate of drug-likeness (QED) is 0.869. The molecule has 5 nitrogen and oxygen atoms in total. The van der Waals surface area contributed by atoms with Gasteiger partial charge in [0.05, 0.1) is 12.2 Å². The number of para-hydroxylation sites is 3. The molecule has 2 aromatic carbocycles. The van der Waals surface area contributed by atoms with Crippen LogP contribution >= 0.6 is 0 Å². The number of aromatic hydroxyl groups is 1. The zero-order valence-corrected chi connectivity index (χ0v) is 16.4. The molecule has 0 bridgehead atoms. The number of rotatable bonds is 4. The molecule has 0 aliphatic carbocycles. The van der Waals surface area contributed by atoms with Crippen molar-refractivity contribution >= 4 is 17.3 Å². The van der Waals surface area contributed by atoms with Gasteiger partial charge in [0.2, 0.25) is 5.91 Å². The monoisotopic (exact) mass is 367 g/mol. The Labute approximate surface area is 161 Å². The number of hydrogen-bond acceptors (Lipinski definition) is 4. The minimum atomic E-state index is -0.0207. The molecule has 5 heteroatoms. The van der Waals surface area contributed by atoms with E-state index in [1.165, 1.54) is 0 Å². The summed E-state index contributed by atoms with van der Waals surface area (Å²) in [4.78, 5) is 16.9. The zero-order chi connectivity index (χ0) is 19.4. The number of phenolic OH excluding ortho intramolecular Hbond substituents is 1. The van der Waals surface area contributed by atoms with Crippen LogP contribution in [0.3, 0.4) is 0 Å². The molecule has 0 radical (unpaired) electrons. The van der Waals surface area contributed by atoms with E-state index in [9.17, 15) is 9.90 Å². The third-order valence-electron chi connectivity index (χ3n) is 4.97. The number of anilines is 2. The molecule has 2 N–H and O–H groups in total. The first-order valence-corrected chi connectivity index (χ1v) is 9.49. The summed E-state index contributed by atoms with van der Waals surface area (Å²) in [5.41, 5.74) is 2.87. The van der Waals surface area contributed by atoms with Crippen molar-refractivity contribution in [2.75, 3.05) is 42.9 Å². The highest BCUT2D eigenvalue weighted by atomic mass is 16.3. The lowest BCUT2D eigenvalue weighted by Crippen LogP contribution is -2.48. The van der Waals surface area contributed by atoms with Crippen molar-refractivity contribution in [3.05, 3.63) is 54.1 Å². The van der Waals surface area contributed by atoms with E-state index in [4.69, 9.17) is 0 Å². The van der Waals surface area contributed by atoms with E-state index in [1.807, 2.05) is 36.4 Å². The molecule has 1 aliphatic heterocycles. The average molecular weight is 367 g/mol. The van der Waals surface area contributed by atoms with Crippen molar-refractivity contribution < 1.29 is 9.90 Å². The predicted octanol–water partition coefficient (Wildman–Crippen LogP) is 3.45. The van der Waals surface area contributed by atoms with Crippen LogP contribution < -0.4 is 10.2 Å². The molecular weight excluding hydrogens is 338 g/mol. The Morgan fingerprint density at radius 1 is 1.00 bits per heavy atom. The van der Waals surface area contributed by atoms with E-state index in [0.29, 0.717) is 12.3 Å². The van der Waals surface area contributed by atoms with Crippen LogP contribution in [0.1, 0.15) is 26.3 Å². The van der Waals surface area contributed by atoms with Crippen LogP contribution in [0.5, 0.6) is 5.75 Å². The highest BCUT2D eigenvalue weighted by Crippen LogP contribution is 2.29. The first-order chi connectivity index (χ1) is 12.8. The maximum Gasteiger partial charge on any atom is 0.238 e. The van der Waals surface area contributed by atoms with Crippen molar-refractivity contribution in [3.8, 4) is 5.75 Å². The first-order valence-electron chi connectivity index (χ1n) is 9.49. The molecule has 0 saturated carbocycles. The number of phenols is 1. The van der Waals surface area contributed by atoms with Crippen LogP contribution in [0.4, 0.5) is 11.4 Å². The second-order valence-electron chi connectivity index (χ2n) is 8.10.